The van der Waals surface area contributed by atoms with Gasteiger partial charge in [0.1, 0.15) is 0 Å². The maximum atomic E-state index is 11.3. The first-order chi connectivity index (χ1) is 8.09. The van der Waals surface area contributed by atoms with E-state index in [2.05, 4.69) is 5.32 Å². The van der Waals surface area contributed by atoms with Gasteiger partial charge in [-0.2, -0.15) is 0 Å². The minimum atomic E-state index is -0.816. The lowest BCUT2D eigenvalue weighted by Gasteiger charge is -3.10. The summed E-state index contributed by atoms with van der Waals surface area (Å²) in [5.74, 6) is 1.81. The number of carboxylic acid groups (broad SMARTS) is 2. The van der Waals surface area contributed by atoms with Gasteiger partial charge in [-0.05, 0) is 40.9 Å². The molecule has 6 saturated carbocycles. The van der Waals surface area contributed by atoms with Crippen LogP contribution in [0.15, 0.2) is 0 Å². The molecule has 6 rings (SSSR count). The molecular weight excluding hydrogens is 222 g/mol. The molecule has 6 aliphatic carbocycles. The lowest BCUT2D eigenvalue weighted by atomic mass is 8.92. The summed E-state index contributed by atoms with van der Waals surface area (Å²) < 4.78 is 0. The summed E-state index contributed by atoms with van der Waals surface area (Å²) in [5, 5.41) is 20.9. The van der Waals surface area contributed by atoms with Gasteiger partial charge in [-0.25, -0.2) is 0 Å². The van der Waals surface area contributed by atoms with Gasteiger partial charge in [0.25, 0.3) is 0 Å². The quantitative estimate of drug-likeness (QED) is 0.597. The van der Waals surface area contributed by atoms with Crippen molar-refractivity contribution < 1.29 is 19.8 Å². The summed E-state index contributed by atoms with van der Waals surface area (Å²) in [4.78, 5) is 21.8. The van der Waals surface area contributed by atoms with Crippen molar-refractivity contribution in [1.29, 1.82) is 0 Å². The molecule has 5 heteroatoms. The van der Waals surface area contributed by atoms with Crippen molar-refractivity contribution in [1.82, 2.24) is 5.32 Å². The summed E-state index contributed by atoms with van der Waals surface area (Å²) in [5.41, 5.74) is 0.0290. The van der Waals surface area contributed by atoms with Crippen molar-refractivity contribution in [2.45, 2.75) is 0 Å². The minimum Gasteiger partial charge on any atom is -0.481 e. The van der Waals surface area contributed by atoms with Gasteiger partial charge in [-0.3, -0.25) is 9.59 Å². The van der Waals surface area contributed by atoms with Gasteiger partial charge in [0.05, 0.1) is 12.0 Å². The number of carboxylic acids is 2. The average Bonchev–Trinajstić information content (AvgIpc) is 2.28. The first-order valence-electron chi connectivity index (χ1n) is 6.25. The molecule has 0 amide bonds. The van der Waals surface area contributed by atoms with Crippen LogP contribution in [0.4, 0.5) is 0 Å². The van der Waals surface area contributed by atoms with Crippen molar-refractivity contribution in [2.75, 3.05) is 13.1 Å². The van der Waals surface area contributed by atoms with Crippen molar-refractivity contribution >= 4 is 11.9 Å². The standard InChI is InChI=1S/C12H13NO4/c14-3(15)1-13-2-11-4-7-5(11)9-6(11)8(4)12(7,9)10(16)17/h4-9,13H,1-2H2,(H,14,15)(H,16,17). The summed E-state index contributed by atoms with van der Waals surface area (Å²) in [6, 6.07) is 0. The molecule has 0 atom stereocenters. The maximum Gasteiger partial charge on any atom is 0.317 e. The van der Waals surface area contributed by atoms with E-state index < -0.39 is 11.9 Å². The molecular formula is C12H13NO4. The third kappa shape index (κ3) is 0.480. The van der Waals surface area contributed by atoms with Gasteiger partial charge in [-0.1, -0.05) is 0 Å². The van der Waals surface area contributed by atoms with Crippen LogP contribution >= 0.6 is 0 Å². The Labute approximate surface area is 97.2 Å². The number of carbonyl (C=O) groups is 2. The van der Waals surface area contributed by atoms with Gasteiger partial charge in [-0.15, -0.1) is 0 Å². The van der Waals surface area contributed by atoms with E-state index in [0.29, 0.717) is 40.9 Å². The summed E-state index contributed by atoms with van der Waals surface area (Å²) in [6.07, 6.45) is 0. The van der Waals surface area contributed by atoms with E-state index in [0.717, 1.165) is 6.54 Å². The van der Waals surface area contributed by atoms with Crippen LogP contribution in [-0.2, 0) is 9.59 Å². The highest BCUT2D eigenvalue weighted by molar-refractivity contribution is 5.87. The zero-order valence-electron chi connectivity index (χ0n) is 9.09. The van der Waals surface area contributed by atoms with Gasteiger partial charge in [0, 0.05) is 6.54 Å². The van der Waals surface area contributed by atoms with Crippen LogP contribution in [0.2, 0.25) is 0 Å². The van der Waals surface area contributed by atoms with Gasteiger partial charge in [0.15, 0.2) is 0 Å². The molecule has 0 aromatic carbocycles. The molecule has 3 N–H and O–H groups in total. The predicted octanol–water partition coefficient (Wildman–Crippen LogP) is -0.517. The first kappa shape index (κ1) is 8.91. The molecule has 6 fully saturated rings. The fourth-order valence-electron chi connectivity index (χ4n) is 6.92. The molecule has 0 aromatic rings. The molecule has 0 spiro atoms. The molecule has 6 aliphatic rings. The van der Waals surface area contributed by atoms with E-state index in [1.807, 2.05) is 0 Å². The number of hydrogen-bond acceptors (Lipinski definition) is 3. The molecule has 90 valence electrons. The van der Waals surface area contributed by atoms with E-state index in [4.69, 9.17) is 5.11 Å². The molecule has 0 saturated heterocycles. The molecule has 17 heavy (non-hydrogen) atoms. The van der Waals surface area contributed by atoms with Crippen LogP contribution in [0.1, 0.15) is 0 Å². The molecule has 0 heterocycles. The van der Waals surface area contributed by atoms with Crippen molar-refractivity contribution in [3.05, 3.63) is 0 Å². The topological polar surface area (TPSA) is 86.6 Å². The molecule has 0 unspecified atom stereocenters. The third-order valence-corrected chi connectivity index (χ3v) is 6.92. The normalized spacial score (nSPS) is 65.4. The predicted molar refractivity (Wildman–Crippen MR) is 53.9 cm³/mol. The summed E-state index contributed by atoms with van der Waals surface area (Å²) in [7, 11) is 0. The number of hydrogen-bond donors (Lipinski definition) is 3. The van der Waals surface area contributed by atoms with Gasteiger partial charge < -0.3 is 15.5 Å². The van der Waals surface area contributed by atoms with E-state index in [1.54, 1.807) is 0 Å². The molecule has 5 nitrogen and oxygen atoms in total. The Hall–Kier alpha value is -1.10. The Bertz CT molecular complexity index is 445. The second-order valence-corrected chi connectivity index (χ2v) is 6.50. The van der Waals surface area contributed by atoms with E-state index in [-0.39, 0.29) is 12.0 Å². The fourth-order valence-corrected chi connectivity index (χ4v) is 6.92. The number of aliphatic carboxylic acids is 2. The van der Waals surface area contributed by atoms with E-state index >= 15 is 0 Å². The van der Waals surface area contributed by atoms with Crippen molar-refractivity contribution in [2.24, 2.45) is 46.3 Å². The van der Waals surface area contributed by atoms with Gasteiger partial charge >= 0.3 is 11.9 Å². The Balaban J connectivity index is 1.34. The SMILES string of the molecule is O=C(O)CNCC12C3C4C1C1C2C3C41C(=O)O. The number of nitrogens with one attached hydrogen (secondary N) is 1. The van der Waals surface area contributed by atoms with Crippen LogP contribution in [0.25, 0.3) is 0 Å². The minimum absolute atomic E-state index is 0.0258. The third-order valence-electron chi connectivity index (χ3n) is 6.92. The lowest BCUT2D eigenvalue weighted by molar-refractivity contribution is -0.641. The van der Waals surface area contributed by atoms with E-state index in [9.17, 15) is 14.7 Å². The molecule has 0 aliphatic heterocycles. The summed E-state index contributed by atoms with van der Waals surface area (Å²) in [6.45, 7) is 0.816. The monoisotopic (exact) mass is 235 g/mol. The highest BCUT2D eigenvalue weighted by Gasteiger charge is 3.11. The Kier molecular flexibility index (Phi) is 1.05. The second kappa shape index (κ2) is 2.00. The summed E-state index contributed by atoms with van der Waals surface area (Å²) >= 11 is 0. The maximum absolute atomic E-state index is 11.3. The largest absolute Gasteiger partial charge is 0.481 e. The van der Waals surface area contributed by atoms with Crippen LogP contribution in [-0.4, -0.2) is 35.2 Å². The smallest absolute Gasteiger partial charge is 0.317 e. The van der Waals surface area contributed by atoms with Crippen LogP contribution in [0.3, 0.4) is 0 Å². The number of rotatable bonds is 5. The first-order valence-corrected chi connectivity index (χ1v) is 6.25. The van der Waals surface area contributed by atoms with E-state index in [1.165, 1.54) is 0 Å². The van der Waals surface area contributed by atoms with Crippen molar-refractivity contribution in [3.63, 3.8) is 0 Å². The zero-order valence-corrected chi connectivity index (χ0v) is 9.09. The Morgan fingerprint density at radius 1 is 1.00 bits per heavy atom. The highest BCUT2D eigenvalue weighted by Crippen LogP contribution is 3.10. The average molecular weight is 235 g/mol. The Morgan fingerprint density at radius 2 is 1.53 bits per heavy atom. The molecule has 0 aromatic heterocycles. The second-order valence-electron chi connectivity index (χ2n) is 6.50. The highest BCUT2D eigenvalue weighted by atomic mass is 16.4. The van der Waals surface area contributed by atoms with Crippen molar-refractivity contribution in [3.8, 4) is 0 Å². The van der Waals surface area contributed by atoms with Crippen LogP contribution in [0.5, 0.6) is 0 Å². The van der Waals surface area contributed by atoms with Crippen LogP contribution in [0, 0.1) is 46.3 Å². The fraction of sp³-hybridized carbons (Fsp3) is 0.833. The van der Waals surface area contributed by atoms with Gasteiger partial charge in [0.2, 0.25) is 0 Å². The molecule has 0 bridgehead atoms. The van der Waals surface area contributed by atoms with Crippen LogP contribution < -0.4 is 5.32 Å². The lowest BCUT2D eigenvalue weighted by Crippen LogP contribution is -3.11. The zero-order chi connectivity index (χ0) is 11.7. The molecule has 0 radical (unpaired) electrons. The Morgan fingerprint density at radius 3 is 1.94 bits per heavy atom.